The minimum Gasteiger partial charge on any atom is -0.411 e. The Balaban J connectivity index is 1.84. The maximum Gasteiger partial charge on any atom is 0.0904 e. The third-order valence-electron chi connectivity index (χ3n) is 3.75. The van der Waals surface area contributed by atoms with Gasteiger partial charge in [-0.3, -0.25) is 0 Å². The highest BCUT2D eigenvalue weighted by molar-refractivity contribution is 9.10. The van der Waals surface area contributed by atoms with E-state index < -0.39 is 0 Å². The van der Waals surface area contributed by atoms with Gasteiger partial charge >= 0.3 is 0 Å². The summed E-state index contributed by atoms with van der Waals surface area (Å²) in [5.41, 5.74) is 2.70. The molecule has 2 aromatic rings. The molecule has 2 atom stereocenters. The predicted octanol–water partition coefficient (Wildman–Crippen LogP) is 5.74. The molecule has 0 saturated heterocycles. The van der Waals surface area contributed by atoms with Crippen LogP contribution in [0.1, 0.15) is 23.5 Å². The van der Waals surface area contributed by atoms with E-state index in [2.05, 4.69) is 21.1 Å². The van der Waals surface area contributed by atoms with Gasteiger partial charge in [-0.05, 0) is 47.7 Å². The Bertz CT molecular complexity index is 700. The first-order valence-corrected chi connectivity index (χ1v) is 8.08. The zero-order valence-electron chi connectivity index (χ0n) is 10.9. The molecule has 0 heterocycles. The number of halogens is 3. The summed E-state index contributed by atoms with van der Waals surface area (Å²) in [6.07, 6.45) is 0.927. The van der Waals surface area contributed by atoms with Crippen LogP contribution in [0.3, 0.4) is 0 Å². The molecule has 2 aromatic carbocycles. The predicted molar refractivity (Wildman–Crippen MR) is 89.8 cm³/mol. The summed E-state index contributed by atoms with van der Waals surface area (Å²) in [6.45, 7) is 0. The number of hydrogen-bond donors (Lipinski definition) is 1. The molecule has 0 amide bonds. The summed E-state index contributed by atoms with van der Waals surface area (Å²) in [7, 11) is 0. The van der Waals surface area contributed by atoms with Crippen molar-refractivity contribution in [2.24, 2.45) is 11.1 Å². The largest absolute Gasteiger partial charge is 0.411 e. The Morgan fingerprint density at radius 3 is 2.48 bits per heavy atom. The summed E-state index contributed by atoms with van der Waals surface area (Å²) in [6, 6.07) is 13.3. The van der Waals surface area contributed by atoms with Crippen molar-refractivity contribution in [1.29, 1.82) is 0 Å². The number of rotatable bonds is 3. The number of hydrogen-bond acceptors (Lipinski definition) is 2. The van der Waals surface area contributed by atoms with Gasteiger partial charge in [-0.15, -0.1) is 0 Å². The fraction of sp³-hybridized carbons (Fsp3) is 0.188. The Hall–Kier alpha value is -1.03. The van der Waals surface area contributed by atoms with Gasteiger partial charge in [0.05, 0.1) is 5.71 Å². The Morgan fingerprint density at radius 1 is 1.14 bits per heavy atom. The fourth-order valence-electron chi connectivity index (χ4n) is 2.61. The molecule has 1 N–H and O–H groups in total. The monoisotopic (exact) mass is 383 g/mol. The van der Waals surface area contributed by atoms with E-state index in [9.17, 15) is 5.21 Å². The van der Waals surface area contributed by atoms with Crippen LogP contribution in [0.5, 0.6) is 0 Å². The molecule has 0 bridgehead atoms. The Kier molecular flexibility index (Phi) is 4.25. The maximum atomic E-state index is 9.36. The second-order valence-corrected chi connectivity index (χ2v) is 6.87. The molecule has 0 unspecified atom stereocenters. The Morgan fingerprint density at radius 2 is 1.86 bits per heavy atom. The molecule has 0 spiro atoms. The van der Waals surface area contributed by atoms with Crippen molar-refractivity contribution >= 4 is 44.8 Å². The van der Waals surface area contributed by atoms with E-state index in [4.69, 9.17) is 23.2 Å². The van der Waals surface area contributed by atoms with Gasteiger partial charge in [0.2, 0.25) is 0 Å². The molecule has 108 valence electrons. The number of oxime groups is 1. The molecule has 0 aliphatic heterocycles. The van der Waals surface area contributed by atoms with E-state index >= 15 is 0 Å². The van der Waals surface area contributed by atoms with Crippen LogP contribution in [0.25, 0.3) is 0 Å². The van der Waals surface area contributed by atoms with Gasteiger partial charge in [0, 0.05) is 20.4 Å². The van der Waals surface area contributed by atoms with Crippen LogP contribution in [0.2, 0.25) is 10.0 Å². The molecule has 2 nitrogen and oxygen atoms in total. The Labute approximate surface area is 141 Å². The summed E-state index contributed by atoms with van der Waals surface area (Å²) < 4.78 is 0.997. The average Bonchev–Trinajstić information content (AvgIpc) is 3.22. The highest BCUT2D eigenvalue weighted by Gasteiger charge is 2.43. The fourth-order valence-corrected chi connectivity index (χ4v) is 3.42. The van der Waals surface area contributed by atoms with Crippen LogP contribution >= 0.6 is 39.1 Å². The van der Waals surface area contributed by atoms with Crippen LogP contribution < -0.4 is 0 Å². The molecular formula is C16H12BrCl2NO. The lowest BCUT2D eigenvalue weighted by molar-refractivity contribution is 0.317. The van der Waals surface area contributed by atoms with E-state index in [-0.39, 0.29) is 11.8 Å². The standard InChI is InChI=1S/C16H12BrCl2NO/c17-10-3-1-9(2-4-10)16(20-21)14-8-13(14)12-6-5-11(18)7-15(12)19/h1-7,13-14,21H,8H2/b20-16-/t13-,14+/m1/s1. The van der Waals surface area contributed by atoms with Gasteiger partial charge in [-0.1, -0.05) is 62.5 Å². The van der Waals surface area contributed by atoms with E-state index in [0.29, 0.717) is 15.8 Å². The molecule has 1 aliphatic rings. The normalized spacial score (nSPS) is 21.4. The molecule has 1 fully saturated rings. The highest BCUT2D eigenvalue weighted by Crippen LogP contribution is 2.51. The molecule has 21 heavy (non-hydrogen) atoms. The van der Waals surface area contributed by atoms with E-state index in [1.165, 1.54) is 0 Å². The smallest absolute Gasteiger partial charge is 0.0904 e. The van der Waals surface area contributed by atoms with E-state index in [1.807, 2.05) is 36.4 Å². The van der Waals surface area contributed by atoms with Crippen LogP contribution in [-0.2, 0) is 0 Å². The van der Waals surface area contributed by atoms with Crippen molar-refractivity contribution in [1.82, 2.24) is 0 Å². The molecule has 1 aliphatic carbocycles. The lowest BCUT2D eigenvalue weighted by Gasteiger charge is -2.06. The van der Waals surface area contributed by atoms with Crippen molar-refractivity contribution < 1.29 is 5.21 Å². The van der Waals surface area contributed by atoms with Gasteiger partial charge in [0.25, 0.3) is 0 Å². The van der Waals surface area contributed by atoms with E-state index in [1.54, 1.807) is 6.07 Å². The first-order valence-electron chi connectivity index (χ1n) is 6.53. The quantitative estimate of drug-likeness (QED) is 0.408. The summed E-state index contributed by atoms with van der Waals surface area (Å²) in [5, 5.41) is 14.2. The third kappa shape index (κ3) is 3.10. The summed E-state index contributed by atoms with van der Waals surface area (Å²) >= 11 is 15.6. The van der Waals surface area contributed by atoms with Crippen LogP contribution in [0.15, 0.2) is 52.1 Å². The first kappa shape index (κ1) is 14.9. The second-order valence-electron chi connectivity index (χ2n) is 5.11. The van der Waals surface area contributed by atoms with Gasteiger partial charge in [0.1, 0.15) is 0 Å². The third-order valence-corrected chi connectivity index (χ3v) is 4.84. The van der Waals surface area contributed by atoms with Gasteiger partial charge in [-0.25, -0.2) is 0 Å². The number of nitrogens with zero attached hydrogens (tertiary/aromatic N) is 1. The van der Waals surface area contributed by atoms with Crippen molar-refractivity contribution in [2.45, 2.75) is 12.3 Å². The second kappa shape index (κ2) is 5.99. The van der Waals surface area contributed by atoms with E-state index in [0.717, 1.165) is 22.0 Å². The van der Waals surface area contributed by atoms with Crippen LogP contribution in [-0.4, -0.2) is 10.9 Å². The molecule has 5 heteroatoms. The topological polar surface area (TPSA) is 32.6 Å². The minimum absolute atomic E-state index is 0.190. The molecule has 0 radical (unpaired) electrons. The SMILES string of the molecule is O/N=C(/c1ccc(Br)cc1)[C@H]1C[C@@H]1c1ccc(Cl)cc1Cl. The van der Waals surface area contributed by atoms with Crippen molar-refractivity contribution in [3.05, 3.63) is 68.1 Å². The summed E-state index contributed by atoms with van der Waals surface area (Å²) in [4.78, 5) is 0. The van der Waals surface area contributed by atoms with Crippen molar-refractivity contribution in [3.63, 3.8) is 0 Å². The highest BCUT2D eigenvalue weighted by atomic mass is 79.9. The average molecular weight is 385 g/mol. The zero-order chi connectivity index (χ0) is 15.0. The van der Waals surface area contributed by atoms with Crippen LogP contribution in [0.4, 0.5) is 0 Å². The number of benzene rings is 2. The van der Waals surface area contributed by atoms with Crippen molar-refractivity contribution in [3.8, 4) is 0 Å². The lowest BCUT2D eigenvalue weighted by Crippen LogP contribution is -2.05. The molecule has 1 saturated carbocycles. The minimum atomic E-state index is 0.190. The molecular weight excluding hydrogens is 373 g/mol. The maximum absolute atomic E-state index is 9.36. The van der Waals surface area contributed by atoms with Gasteiger partial charge < -0.3 is 5.21 Å². The lowest BCUT2D eigenvalue weighted by atomic mass is 10.0. The van der Waals surface area contributed by atoms with Gasteiger partial charge in [-0.2, -0.15) is 0 Å². The summed E-state index contributed by atoms with van der Waals surface area (Å²) in [5.74, 6) is 0.471. The van der Waals surface area contributed by atoms with Gasteiger partial charge in [0.15, 0.2) is 0 Å². The van der Waals surface area contributed by atoms with Crippen LogP contribution in [0, 0.1) is 5.92 Å². The molecule has 0 aromatic heterocycles. The zero-order valence-corrected chi connectivity index (χ0v) is 14.0. The molecule has 3 rings (SSSR count). The van der Waals surface area contributed by atoms with Crippen molar-refractivity contribution in [2.75, 3.05) is 0 Å². The first-order chi connectivity index (χ1) is 10.1.